The molecule has 0 saturated heterocycles. The van der Waals surface area contributed by atoms with Crippen molar-refractivity contribution in [3.8, 4) is 5.75 Å². The van der Waals surface area contributed by atoms with Crippen molar-refractivity contribution < 1.29 is 9.13 Å². The number of ether oxygens (including phenoxy) is 1. The first-order valence-corrected chi connectivity index (χ1v) is 6.34. The molecule has 19 heavy (non-hydrogen) atoms. The minimum atomic E-state index is -0.236. The van der Waals surface area contributed by atoms with Gasteiger partial charge in [0.05, 0.1) is 0 Å². The lowest BCUT2D eigenvalue weighted by Gasteiger charge is -2.10. The van der Waals surface area contributed by atoms with Gasteiger partial charge in [-0.3, -0.25) is 0 Å². The quantitative estimate of drug-likeness (QED) is 0.821. The van der Waals surface area contributed by atoms with Crippen LogP contribution in [0.4, 0.5) is 10.1 Å². The molecule has 0 bridgehead atoms. The van der Waals surface area contributed by atoms with Crippen molar-refractivity contribution in [2.24, 2.45) is 0 Å². The Bertz CT molecular complexity index is 534. The second-order valence-electron chi connectivity index (χ2n) is 4.61. The Balaban J connectivity index is 1.80. The number of hydrogen-bond acceptors (Lipinski definition) is 2. The van der Waals surface area contributed by atoms with Crippen molar-refractivity contribution in [3.05, 3.63) is 59.4 Å². The predicted molar refractivity (Wildman–Crippen MR) is 76.3 cm³/mol. The molecule has 2 nitrogen and oxygen atoms in total. The number of hydrogen-bond donors (Lipinski definition) is 1. The van der Waals surface area contributed by atoms with E-state index in [4.69, 9.17) is 4.74 Å². The molecular weight excluding hydrogens is 241 g/mol. The SMILES string of the molecule is Cc1cc(C)cc(OCCNc2cccc(F)c2)c1. The number of nitrogens with one attached hydrogen (secondary N) is 1. The molecule has 0 saturated carbocycles. The van der Waals surface area contributed by atoms with Crippen LogP contribution in [0.15, 0.2) is 42.5 Å². The van der Waals surface area contributed by atoms with Gasteiger partial charge in [0.1, 0.15) is 18.2 Å². The second-order valence-corrected chi connectivity index (χ2v) is 4.61. The van der Waals surface area contributed by atoms with Gasteiger partial charge in [-0.1, -0.05) is 12.1 Å². The van der Waals surface area contributed by atoms with Crippen LogP contribution in [-0.4, -0.2) is 13.2 Å². The fourth-order valence-electron chi connectivity index (χ4n) is 1.98. The molecule has 0 atom stereocenters. The molecule has 0 aliphatic heterocycles. The predicted octanol–water partition coefficient (Wildman–Crippen LogP) is 3.93. The maximum absolute atomic E-state index is 13.0. The summed E-state index contributed by atoms with van der Waals surface area (Å²) in [5.41, 5.74) is 3.14. The molecule has 2 aromatic rings. The van der Waals surface area contributed by atoms with E-state index in [1.165, 1.54) is 23.3 Å². The summed E-state index contributed by atoms with van der Waals surface area (Å²) in [4.78, 5) is 0. The third-order valence-corrected chi connectivity index (χ3v) is 2.72. The second kappa shape index (κ2) is 6.23. The van der Waals surface area contributed by atoms with E-state index < -0.39 is 0 Å². The molecule has 0 spiro atoms. The molecule has 0 radical (unpaired) electrons. The highest BCUT2D eigenvalue weighted by atomic mass is 19.1. The summed E-state index contributed by atoms with van der Waals surface area (Å²) in [5, 5.41) is 3.12. The lowest BCUT2D eigenvalue weighted by Crippen LogP contribution is -2.11. The van der Waals surface area contributed by atoms with Gasteiger partial charge in [0.2, 0.25) is 0 Å². The number of rotatable bonds is 5. The van der Waals surface area contributed by atoms with Crippen molar-refractivity contribution in [1.82, 2.24) is 0 Å². The highest BCUT2D eigenvalue weighted by Gasteiger charge is 1.98. The Morgan fingerprint density at radius 3 is 2.47 bits per heavy atom. The third kappa shape index (κ3) is 4.28. The highest BCUT2D eigenvalue weighted by molar-refractivity contribution is 5.43. The first kappa shape index (κ1) is 13.4. The van der Waals surface area contributed by atoms with Gasteiger partial charge in [-0.15, -0.1) is 0 Å². The number of benzene rings is 2. The fraction of sp³-hybridized carbons (Fsp3) is 0.250. The Morgan fingerprint density at radius 1 is 1.05 bits per heavy atom. The Kier molecular flexibility index (Phi) is 4.39. The summed E-state index contributed by atoms with van der Waals surface area (Å²) >= 11 is 0. The van der Waals surface area contributed by atoms with Gasteiger partial charge in [-0.25, -0.2) is 4.39 Å². The molecule has 0 unspecified atom stereocenters. The van der Waals surface area contributed by atoms with Crippen LogP contribution in [-0.2, 0) is 0 Å². The monoisotopic (exact) mass is 259 g/mol. The van der Waals surface area contributed by atoms with Gasteiger partial charge >= 0.3 is 0 Å². The van der Waals surface area contributed by atoms with Gasteiger partial charge in [-0.2, -0.15) is 0 Å². The summed E-state index contributed by atoms with van der Waals surface area (Å²) in [6, 6.07) is 12.5. The van der Waals surface area contributed by atoms with E-state index in [-0.39, 0.29) is 5.82 Å². The van der Waals surface area contributed by atoms with E-state index in [0.29, 0.717) is 13.2 Å². The Hall–Kier alpha value is -2.03. The van der Waals surface area contributed by atoms with Crippen LogP contribution < -0.4 is 10.1 Å². The summed E-state index contributed by atoms with van der Waals surface area (Å²) in [7, 11) is 0. The van der Waals surface area contributed by atoms with Gasteiger partial charge in [0.25, 0.3) is 0 Å². The highest BCUT2D eigenvalue weighted by Crippen LogP contribution is 2.16. The molecule has 1 N–H and O–H groups in total. The van der Waals surface area contributed by atoms with Crippen molar-refractivity contribution in [1.29, 1.82) is 0 Å². The van der Waals surface area contributed by atoms with Crippen LogP contribution in [0.25, 0.3) is 0 Å². The summed E-state index contributed by atoms with van der Waals surface area (Å²) in [6.07, 6.45) is 0. The van der Waals surface area contributed by atoms with Crippen molar-refractivity contribution in [3.63, 3.8) is 0 Å². The van der Waals surface area contributed by atoms with Crippen LogP contribution in [0.5, 0.6) is 5.75 Å². The van der Waals surface area contributed by atoms with Crippen LogP contribution >= 0.6 is 0 Å². The number of halogens is 1. The summed E-state index contributed by atoms with van der Waals surface area (Å²) < 4.78 is 18.6. The maximum atomic E-state index is 13.0. The van der Waals surface area contributed by atoms with Crippen LogP contribution in [0, 0.1) is 19.7 Å². The van der Waals surface area contributed by atoms with Gasteiger partial charge in [0, 0.05) is 12.2 Å². The van der Waals surface area contributed by atoms with E-state index in [1.807, 2.05) is 32.0 Å². The first-order valence-electron chi connectivity index (χ1n) is 6.34. The number of aryl methyl sites for hydroxylation is 2. The molecule has 0 amide bonds. The average Bonchev–Trinajstić information content (AvgIpc) is 2.34. The molecule has 0 heterocycles. The molecule has 2 rings (SSSR count). The van der Waals surface area contributed by atoms with Crippen LogP contribution in [0.3, 0.4) is 0 Å². The Morgan fingerprint density at radius 2 is 1.79 bits per heavy atom. The van der Waals surface area contributed by atoms with E-state index in [9.17, 15) is 4.39 Å². The molecule has 3 heteroatoms. The van der Waals surface area contributed by atoms with Crippen LogP contribution in [0.2, 0.25) is 0 Å². The fourth-order valence-corrected chi connectivity index (χ4v) is 1.98. The molecular formula is C16H18FNO. The largest absolute Gasteiger partial charge is 0.492 e. The van der Waals surface area contributed by atoms with Gasteiger partial charge < -0.3 is 10.1 Å². The lowest BCUT2D eigenvalue weighted by molar-refractivity contribution is 0.332. The standard InChI is InChI=1S/C16H18FNO/c1-12-8-13(2)10-16(9-12)19-7-6-18-15-5-3-4-14(17)11-15/h3-5,8-11,18H,6-7H2,1-2H3. The average molecular weight is 259 g/mol. The molecule has 0 fully saturated rings. The van der Waals surface area contributed by atoms with Crippen molar-refractivity contribution in [2.45, 2.75) is 13.8 Å². The molecule has 100 valence electrons. The first-order chi connectivity index (χ1) is 9.13. The van der Waals surface area contributed by atoms with E-state index in [2.05, 4.69) is 11.4 Å². The topological polar surface area (TPSA) is 21.3 Å². The van der Waals surface area contributed by atoms with E-state index >= 15 is 0 Å². The molecule has 0 aliphatic rings. The van der Waals surface area contributed by atoms with Crippen LogP contribution in [0.1, 0.15) is 11.1 Å². The third-order valence-electron chi connectivity index (χ3n) is 2.72. The molecule has 2 aromatic carbocycles. The summed E-state index contributed by atoms with van der Waals surface area (Å²) in [5.74, 6) is 0.638. The van der Waals surface area contributed by atoms with E-state index in [1.54, 1.807) is 6.07 Å². The Labute approximate surface area is 113 Å². The van der Waals surface area contributed by atoms with Gasteiger partial charge in [-0.05, 0) is 55.3 Å². The zero-order valence-corrected chi connectivity index (χ0v) is 11.2. The minimum Gasteiger partial charge on any atom is -0.492 e. The zero-order chi connectivity index (χ0) is 13.7. The smallest absolute Gasteiger partial charge is 0.125 e. The van der Waals surface area contributed by atoms with Crippen molar-refractivity contribution >= 4 is 5.69 Å². The maximum Gasteiger partial charge on any atom is 0.125 e. The minimum absolute atomic E-state index is 0.236. The molecule has 0 aliphatic carbocycles. The van der Waals surface area contributed by atoms with Gasteiger partial charge in [0.15, 0.2) is 0 Å². The van der Waals surface area contributed by atoms with E-state index in [0.717, 1.165) is 11.4 Å². The normalized spacial score (nSPS) is 10.3. The number of anilines is 1. The molecule has 0 aromatic heterocycles. The van der Waals surface area contributed by atoms with Crippen molar-refractivity contribution in [2.75, 3.05) is 18.5 Å². The summed E-state index contributed by atoms with van der Waals surface area (Å²) in [6.45, 7) is 5.27. The zero-order valence-electron chi connectivity index (χ0n) is 11.2. The lowest BCUT2D eigenvalue weighted by atomic mass is 10.1.